The Morgan fingerprint density at radius 3 is 2.57 bits per heavy atom. The van der Waals surface area contributed by atoms with Crippen LogP contribution in [0, 0.1) is 11.3 Å². The lowest BCUT2D eigenvalue weighted by molar-refractivity contribution is 0.279. The van der Waals surface area contributed by atoms with E-state index in [-0.39, 0.29) is 0 Å². The summed E-state index contributed by atoms with van der Waals surface area (Å²) in [5.74, 6) is 1.70. The summed E-state index contributed by atoms with van der Waals surface area (Å²) in [6, 6.07) is 4.03. The van der Waals surface area contributed by atoms with Crippen molar-refractivity contribution in [1.29, 1.82) is 0 Å². The molecule has 1 saturated heterocycles. The van der Waals surface area contributed by atoms with Gasteiger partial charge < -0.3 is 10.2 Å². The normalized spacial score (nSPS) is 18.3. The van der Waals surface area contributed by atoms with Gasteiger partial charge in [0.1, 0.15) is 5.82 Å². The molecule has 21 heavy (non-hydrogen) atoms. The van der Waals surface area contributed by atoms with E-state index in [0.29, 0.717) is 11.3 Å². The fraction of sp³-hybridized carbons (Fsp3) is 0.706. The Hall–Kier alpha value is -0.800. The van der Waals surface area contributed by atoms with E-state index in [1.807, 2.05) is 12.1 Å². The van der Waals surface area contributed by atoms with E-state index in [0.717, 1.165) is 42.7 Å². The number of nitrogens with zero attached hydrogens (tertiary/aromatic N) is 2. The van der Waals surface area contributed by atoms with Gasteiger partial charge in [0.05, 0.1) is 10.7 Å². The van der Waals surface area contributed by atoms with E-state index >= 15 is 0 Å². The number of halogens is 1. The Morgan fingerprint density at radius 1 is 1.29 bits per heavy atom. The quantitative estimate of drug-likeness (QED) is 0.887. The third-order valence-electron chi connectivity index (χ3n) is 4.19. The number of rotatable bonds is 5. The molecular weight excluding hydrogens is 282 g/mol. The zero-order valence-electron chi connectivity index (χ0n) is 13.7. The molecule has 3 nitrogen and oxygen atoms in total. The highest BCUT2D eigenvalue weighted by molar-refractivity contribution is 6.31. The lowest BCUT2D eigenvalue weighted by Gasteiger charge is -2.37. The van der Waals surface area contributed by atoms with Crippen molar-refractivity contribution in [3.8, 4) is 0 Å². The molecule has 0 unspecified atom stereocenters. The maximum atomic E-state index is 6.27. The predicted octanol–water partition coefficient (Wildman–Crippen LogP) is 4.11. The Balaban J connectivity index is 2.01. The van der Waals surface area contributed by atoms with Crippen LogP contribution in [-0.2, 0) is 6.54 Å². The van der Waals surface area contributed by atoms with Crippen LogP contribution in [0.4, 0.5) is 5.82 Å². The second kappa shape index (κ2) is 6.97. The fourth-order valence-corrected chi connectivity index (χ4v) is 2.77. The summed E-state index contributed by atoms with van der Waals surface area (Å²) in [7, 11) is 0. The van der Waals surface area contributed by atoms with Gasteiger partial charge in [-0.1, -0.05) is 39.3 Å². The maximum Gasteiger partial charge on any atom is 0.128 e. The van der Waals surface area contributed by atoms with E-state index in [2.05, 4.69) is 37.9 Å². The first-order valence-corrected chi connectivity index (χ1v) is 8.36. The molecule has 0 aromatic carbocycles. The summed E-state index contributed by atoms with van der Waals surface area (Å²) in [5.41, 5.74) is 1.42. The van der Waals surface area contributed by atoms with E-state index in [1.54, 1.807) is 0 Å². The molecule has 1 aliphatic heterocycles. The lowest BCUT2D eigenvalue weighted by atomic mass is 9.83. The molecule has 4 heteroatoms. The van der Waals surface area contributed by atoms with Crippen LogP contribution in [0.25, 0.3) is 0 Å². The SMILES string of the molecule is CC(C)CNCc1nc(N2CCC(C)(C)CC2)ccc1Cl. The van der Waals surface area contributed by atoms with Crippen molar-refractivity contribution in [2.75, 3.05) is 24.5 Å². The summed E-state index contributed by atoms with van der Waals surface area (Å²) in [6.45, 7) is 13.0. The first kappa shape index (κ1) is 16.6. The van der Waals surface area contributed by atoms with Gasteiger partial charge in [0.15, 0.2) is 0 Å². The third-order valence-corrected chi connectivity index (χ3v) is 4.53. The lowest BCUT2D eigenvalue weighted by Crippen LogP contribution is -2.37. The van der Waals surface area contributed by atoms with Gasteiger partial charge in [-0.15, -0.1) is 0 Å². The molecule has 2 heterocycles. The summed E-state index contributed by atoms with van der Waals surface area (Å²) in [5, 5.41) is 4.18. The Morgan fingerprint density at radius 2 is 1.95 bits per heavy atom. The molecule has 1 aromatic rings. The van der Waals surface area contributed by atoms with Crippen molar-refractivity contribution in [3.05, 3.63) is 22.8 Å². The molecule has 1 aliphatic rings. The van der Waals surface area contributed by atoms with E-state index in [9.17, 15) is 0 Å². The first-order chi connectivity index (χ1) is 9.87. The van der Waals surface area contributed by atoms with Crippen molar-refractivity contribution in [2.45, 2.75) is 47.1 Å². The average molecular weight is 310 g/mol. The summed E-state index contributed by atoms with van der Waals surface area (Å²) in [4.78, 5) is 7.15. The van der Waals surface area contributed by atoms with Crippen molar-refractivity contribution in [1.82, 2.24) is 10.3 Å². The molecule has 2 rings (SSSR count). The molecule has 1 fully saturated rings. The largest absolute Gasteiger partial charge is 0.357 e. The van der Waals surface area contributed by atoms with Gasteiger partial charge in [0.25, 0.3) is 0 Å². The minimum Gasteiger partial charge on any atom is -0.357 e. The summed E-state index contributed by atoms with van der Waals surface area (Å²) >= 11 is 6.27. The highest BCUT2D eigenvalue weighted by atomic mass is 35.5. The topological polar surface area (TPSA) is 28.2 Å². The third kappa shape index (κ3) is 4.86. The summed E-state index contributed by atoms with van der Waals surface area (Å²) in [6.07, 6.45) is 2.44. The highest BCUT2D eigenvalue weighted by Gasteiger charge is 2.26. The molecule has 0 amide bonds. The molecule has 1 N–H and O–H groups in total. The van der Waals surface area contributed by atoms with Crippen LogP contribution >= 0.6 is 11.6 Å². The second-order valence-corrected chi connectivity index (χ2v) is 7.68. The van der Waals surface area contributed by atoms with Gasteiger partial charge in [0.2, 0.25) is 0 Å². The molecule has 0 atom stereocenters. The summed E-state index contributed by atoms with van der Waals surface area (Å²) < 4.78 is 0. The number of hydrogen-bond donors (Lipinski definition) is 1. The second-order valence-electron chi connectivity index (χ2n) is 7.27. The number of nitrogens with one attached hydrogen (secondary N) is 1. The predicted molar refractivity (Wildman–Crippen MR) is 91.0 cm³/mol. The number of aromatic nitrogens is 1. The number of piperidine rings is 1. The number of anilines is 1. The van der Waals surface area contributed by atoms with Crippen LogP contribution in [0.5, 0.6) is 0 Å². The molecule has 0 bridgehead atoms. The Labute approximate surface area is 134 Å². The molecule has 0 saturated carbocycles. The van der Waals surface area contributed by atoms with Gasteiger partial charge in [-0.3, -0.25) is 0 Å². The molecule has 118 valence electrons. The number of hydrogen-bond acceptors (Lipinski definition) is 3. The van der Waals surface area contributed by atoms with Crippen molar-refractivity contribution < 1.29 is 0 Å². The highest BCUT2D eigenvalue weighted by Crippen LogP contribution is 2.32. The van der Waals surface area contributed by atoms with Crippen LogP contribution in [0.15, 0.2) is 12.1 Å². The molecule has 0 spiro atoms. The molecule has 0 radical (unpaired) electrons. The monoisotopic (exact) mass is 309 g/mol. The fourth-order valence-electron chi connectivity index (χ4n) is 2.59. The molecule has 0 aliphatic carbocycles. The van der Waals surface area contributed by atoms with Gasteiger partial charge in [-0.05, 0) is 42.9 Å². The van der Waals surface area contributed by atoms with Crippen molar-refractivity contribution >= 4 is 17.4 Å². The van der Waals surface area contributed by atoms with Crippen LogP contribution in [0.3, 0.4) is 0 Å². The van der Waals surface area contributed by atoms with Crippen molar-refractivity contribution in [2.24, 2.45) is 11.3 Å². The Kier molecular flexibility index (Phi) is 5.50. The minimum absolute atomic E-state index is 0.463. The standard InChI is InChI=1S/C17H28ClN3/c1-13(2)11-19-12-15-14(18)5-6-16(20-15)21-9-7-17(3,4)8-10-21/h5-6,13,19H,7-12H2,1-4H3. The molecule has 1 aromatic heterocycles. The average Bonchev–Trinajstić information content (AvgIpc) is 2.41. The van der Waals surface area contributed by atoms with E-state index in [4.69, 9.17) is 16.6 Å². The van der Waals surface area contributed by atoms with Crippen LogP contribution in [0.2, 0.25) is 5.02 Å². The Bertz CT molecular complexity index is 461. The van der Waals surface area contributed by atoms with Gasteiger partial charge >= 0.3 is 0 Å². The zero-order chi connectivity index (χ0) is 15.5. The van der Waals surface area contributed by atoms with Gasteiger partial charge in [-0.25, -0.2) is 4.98 Å². The maximum absolute atomic E-state index is 6.27. The zero-order valence-corrected chi connectivity index (χ0v) is 14.5. The van der Waals surface area contributed by atoms with Crippen LogP contribution < -0.4 is 10.2 Å². The van der Waals surface area contributed by atoms with E-state index < -0.39 is 0 Å². The first-order valence-electron chi connectivity index (χ1n) is 7.98. The van der Waals surface area contributed by atoms with Gasteiger partial charge in [-0.2, -0.15) is 0 Å². The van der Waals surface area contributed by atoms with Crippen LogP contribution in [0.1, 0.15) is 46.2 Å². The van der Waals surface area contributed by atoms with Crippen molar-refractivity contribution in [3.63, 3.8) is 0 Å². The van der Waals surface area contributed by atoms with Crippen LogP contribution in [-0.4, -0.2) is 24.6 Å². The van der Waals surface area contributed by atoms with Gasteiger partial charge in [0, 0.05) is 19.6 Å². The molecular formula is C17H28ClN3. The van der Waals surface area contributed by atoms with E-state index in [1.165, 1.54) is 12.8 Å². The smallest absolute Gasteiger partial charge is 0.128 e. The minimum atomic E-state index is 0.463. The number of pyridine rings is 1.